The molecule has 2 aliphatic rings. The molecule has 0 aromatic rings. The summed E-state index contributed by atoms with van der Waals surface area (Å²) < 4.78 is 5.41. The van der Waals surface area contributed by atoms with Crippen molar-refractivity contribution in [2.45, 2.75) is 59.5 Å². The summed E-state index contributed by atoms with van der Waals surface area (Å²) in [4.78, 5) is 25.6. The number of hydrogen-bond donors (Lipinski definition) is 1. The highest BCUT2D eigenvalue weighted by atomic mass is 16.6. The summed E-state index contributed by atoms with van der Waals surface area (Å²) in [5.41, 5.74) is -1.37. The maximum absolute atomic E-state index is 12.2. The Kier molecular flexibility index (Phi) is 3.75. The van der Waals surface area contributed by atoms with E-state index in [1.54, 1.807) is 4.90 Å². The zero-order chi connectivity index (χ0) is 16.1. The predicted octanol–water partition coefficient (Wildman–Crippen LogP) is 3.13. The number of carbonyl (C=O) groups excluding carboxylic acids is 1. The van der Waals surface area contributed by atoms with E-state index in [1.807, 2.05) is 34.6 Å². The first-order valence-corrected chi connectivity index (χ1v) is 7.71. The maximum atomic E-state index is 12.2. The van der Waals surface area contributed by atoms with Crippen LogP contribution in [0.3, 0.4) is 0 Å². The number of amides is 1. The van der Waals surface area contributed by atoms with Crippen molar-refractivity contribution in [3.63, 3.8) is 0 Å². The Labute approximate surface area is 126 Å². The molecule has 2 fully saturated rings. The molecule has 2 atom stereocenters. The Hall–Kier alpha value is -1.26. The first-order valence-electron chi connectivity index (χ1n) is 7.71. The molecule has 1 saturated carbocycles. The Morgan fingerprint density at radius 3 is 2.29 bits per heavy atom. The highest BCUT2D eigenvalue weighted by Crippen LogP contribution is 2.68. The minimum atomic E-state index is -0.719. The SMILES string of the molecule is CC(C)(C)OC(=O)N1CCCC(C2(C(=O)O)CC2(C)C)C1. The van der Waals surface area contributed by atoms with Crippen LogP contribution in [0.25, 0.3) is 0 Å². The fraction of sp³-hybridized carbons (Fsp3) is 0.875. The van der Waals surface area contributed by atoms with Gasteiger partial charge in [0.1, 0.15) is 5.60 Å². The van der Waals surface area contributed by atoms with Crippen molar-refractivity contribution in [2.24, 2.45) is 16.7 Å². The van der Waals surface area contributed by atoms with Crippen molar-refractivity contribution in [2.75, 3.05) is 13.1 Å². The lowest BCUT2D eigenvalue weighted by atomic mass is 9.78. The molecule has 0 radical (unpaired) electrons. The van der Waals surface area contributed by atoms with Gasteiger partial charge in [-0.25, -0.2) is 4.79 Å². The third-order valence-corrected chi connectivity index (χ3v) is 4.96. The van der Waals surface area contributed by atoms with Crippen LogP contribution in [0, 0.1) is 16.7 Å². The molecule has 0 aromatic carbocycles. The minimum Gasteiger partial charge on any atom is -0.481 e. The quantitative estimate of drug-likeness (QED) is 0.850. The van der Waals surface area contributed by atoms with E-state index in [2.05, 4.69) is 0 Å². The predicted molar refractivity (Wildman–Crippen MR) is 79.0 cm³/mol. The van der Waals surface area contributed by atoms with Gasteiger partial charge in [0.25, 0.3) is 0 Å². The van der Waals surface area contributed by atoms with Crippen molar-refractivity contribution >= 4 is 12.1 Å². The van der Waals surface area contributed by atoms with Crippen LogP contribution in [0.2, 0.25) is 0 Å². The van der Waals surface area contributed by atoms with Crippen molar-refractivity contribution in [3.8, 4) is 0 Å². The van der Waals surface area contributed by atoms with E-state index < -0.39 is 17.0 Å². The van der Waals surface area contributed by atoms with E-state index in [0.717, 1.165) is 12.8 Å². The number of hydrogen-bond acceptors (Lipinski definition) is 3. The number of likely N-dealkylation sites (tertiary alicyclic amines) is 1. The first kappa shape index (κ1) is 16.1. The van der Waals surface area contributed by atoms with Crippen LogP contribution >= 0.6 is 0 Å². The molecular formula is C16H27NO4. The Balaban J connectivity index is 2.08. The first-order chi connectivity index (χ1) is 9.49. The van der Waals surface area contributed by atoms with Gasteiger partial charge in [-0.05, 0) is 51.4 Å². The van der Waals surface area contributed by atoms with Gasteiger partial charge in [-0.2, -0.15) is 0 Å². The van der Waals surface area contributed by atoms with Gasteiger partial charge in [0.15, 0.2) is 0 Å². The number of carbonyl (C=O) groups is 2. The second-order valence-electron chi connectivity index (χ2n) is 8.10. The number of ether oxygens (including phenoxy) is 1. The van der Waals surface area contributed by atoms with Crippen molar-refractivity contribution in [3.05, 3.63) is 0 Å². The number of carboxylic acid groups (broad SMARTS) is 1. The highest BCUT2D eigenvalue weighted by molar-refractivity contribution is 5.80. The fourth-order valence-electron chi connectivity index (χ4n) is 3.76. The molecule has 1 amide bonds. The molecule has 120 valence electrons. The zero-order valence-electron chi connectivity index (χ0n) is 13.7. The lowest BCUT2D eigenvalue weighted by molar-refractivity contribution is -0.148. The third-order valence-electron chi connectivity index (χ3n) is 4.96. The fourth-order valence-corrected chi connectivity index (χ4v) is 3.76. The molecule has 0 aromatic heterocycles. The van der Waals surface area contributed by atoms with Gasteiger partial charge in [0.2, 0.25) is 0 Å². The van der Waals surface area contributed by atoms with Crippen molar-refractivity contribution in [1.82, 2.24) is 4.90 Å². The van der Waals surface area contributed by atoms with Crippen molar-refractivity contribution in [1.29, 1.82) is 0 Å². The summed E-state index contributed by atoms with van der Waals surface area (Å²) >= 11 is 0. The molecule has 1 aliphatic heterocycles. The molecule has 1 saturated heterocycles. The Morgan fingerprint density at radius 1 is 1.29 bits per heavy atom. The van der Waals surface area contributed by atoms with Gasteiger partial charge in [-0.1, -0.05) is 13.8 Å². The van der Waals surface area contributed by atoms with Gasteiger partial charge in [-0.3, -0.25) is 4.79 Å². The summed E-state index contributed by atoms with van der Waals surface area (Å²) in [6, 6.07) is 0. The minimum absolute atomic E-state index is 0.0197. The number of nitrogens with zero attached hydrogens (tertiary/aromatic N) is 1. The van der Waals surface area contributed by atoms with E-state index in [1.165, 1.54) is 0 Å². The van der Waals surface area contributed by atoms with E-state index in [-0.39, 0.29) is 17.4 Å². The monoisotopic (exact) mass is 297 g/mol. The average Bonchev–Trinajstić information content (AvgIpc) is 2.92. The van der Waals surface area contributed by atoms with Crippen LogP contribution in [-0.2, 0) is 9.53 Å². The molecule has 1 aliphatic carbocycles. The van der Waals surface area contributed by atoms with E-state index >= 15 is 0 Å². The molecule has 5 nitrogen and oxygen atoms in total. The summed E-state index contributed by atoms with van der Waals surface area (Å²) in [5, 5.41) is 9.67. The molecule has 2 rings (SSSR count). The summed E-state index contributed by atoms with van der Waals surface area (Å²) in [7, 11) is 0. The molecule has 0 spiro atoms. The number of carboxylic acids is 1. The molecule has 0 bridgehead atoms. The van der Waals surface area contributed by atoms with Crippen LogP contribution in [0.15, 0.2) is 0 Å². The van der Waals surface area contributed by atoms with Gasteiger partial charge in [0, 0.05) is 13.1 Å². The van der Waals surface area contributed by atoms with Crippen LogP contribution in [0.5, 0.6) is 0 Å². The van der Waals surface area contributed by atoms with Gasteiger partial charge in [0.05, 0.1) is 5.41 Å². The van der Waals surface area contributed by atoms with Crippen LogP contribution in [0.1, 0.15) is 53.9 Å². The Morgan fingerprint density at radius 2 is 1.86 bits per heavy atom. The second-order valence-corrected chi connectivity index (χ2v) is 8.10. The standard InChI is InChI=1S/C16H27NO4/c1-14(2,3)21-13(20)17-8-6-7-11(9-17)16(12(18)19)10-15(16,4)5/h11H,6-10H2,1-5H3,(H,18,19). The van der Waals surface area contributed by atoms with Crippen LogP contribution in [-0.4, -0.2) is 40.8 Å². The Bertz CT molecular complexity index is 452. The van der Waals surface area contributed by atoms with E-state index in [0.29, 0.717) is 19.5 Å². The van der Waals surface area contributed by atoms with E-state index in [9.17, 15) is 14.7 Å². The van der Waals surface area contributed by atoms with Crippen LogP contribution < -0.4 is 0 Å². The summed E-state index contributed by atoms with van der Waals surface area (Å²) in [5.74, 6) is -0.699. The number of rotatable bonds is 2. The lowest BCUT2D eigenvalue weighted by Gasteiger charge is -2.37. The topological polar surface area (TPSA) is 66.8 Å². The maximum Gasteiger partial charge on any atom is 0.410 e. The molecular weight excluding hydrogens is 270 g/mol. The molecule has 5 heteroatoms. The summed E-state index contributed by atoms with van der Waals surface area (Å²) in [6.07, 6.45) is 2.08. The molecule has 1 heterocycles. The largest absolute Gasteiger partial charge is 0.481 e. The van der Waals surface area contributed by atoms with Gasteiger partial charge < -0.3 is 14.7 Å². The van der Waals surface area contributed by atoms with E-state index in [4.69, 9.17) is 4.74 Å². The summed E-state index contributed by atoms with van der Waals surface area (Å²) in [6.45, 7) is 10.7. The van der Waals surface area contributed by atoms with Gasteiger partial charge >= 0.3 is 12.1 Å². The third kappa shape index (κ3) is 2.87. The molecule has 2 unspecified atom stereocenters. The zero-order valence-corrected chi connectivity index (χ0v) is 13.7. The highest BCUT2D eigenvalue weighted by Gasteiger charge is 2.70. The van der Waals surface area contributed by atoms with Gasteiger partial charge in [-0.15, -0.1) is 0 Å². The van der Waals surface area contributed by atoms with Crippen molar-refractivity contribution < 1.29 is 19.4 Å². The smallest absolute Gasteiger partial charge is 0.410 e. The lowest BCUT2D eigenvalue weighted by Crippen LogP contribution is -2.47. The average molecular weight is 297 g/mol. The van der Waals surface area contributed by atoms with Crippen LogP contribution in [0.4, 0.5) is 4.79 Å². The number of aliphatic carboxylic acids is 1. The number of piperidine rings is 1. The molecule has 1 N–H and O–H groups in total. The normalized spacial score (nSPS) is 31.7. The second kappa shape index (κ2) is 4.89. The molecule has 21 heavy (non-hydrogen) atoms.